The highest BCUT2D eigenvalue weighted by Crippen LogP contribution is 2.33. The minimum Gasteiger partial charge on any atom is -0.383 e. The Morgan fingerprint density at radius 2 is 1.89 bits per heavy atom. The molecule has 0 bridgehead atoms. The van der Waals surface area contributed by atoms with Gasteiger partial charge in [-0.2, -0.15) is 21.9 Å². The normalized spacial score (nSPS) is 12.0. The van der Waals surface area contributed by atoms with E-state index in [1.165, 1.54) is 26.6 Å². The van der Waals surface area contributed by atoms with Gasteiger partial charge in [-0.15, -0.1) is 0 Å². The van der Waals surface area contributed by atoms with Crippen LogP contribution in [0.5, 0.6) is 0 Å². The van der Waals surface area contributed by atoms with Crippen molar-refractivity contribution in [1.82, 2.24) is 28.4 Å². The summed E-state index contributed by atoms with van der Waals surface area (Å²) in [4.78, 5) is 12.5. The molecule has 0 fully saturated rings. The second kappa shape index (κ2) is 6.66. The number of hydrogen-bond donors (Lipinski definition) is 1. The largest absolute Gasteiger partial charge is 0.383 e. The molecule has 0 aliphatic rings. The Morgan fingerprint density at radius 3 is 2.61 bits per heavy atom. The molecule has 10 heteroatoms. The number of nitrogens with zero attached hydrogens (tertiary/aromatic N) is 6. The molecule has 2 N–H and O–H groups in total. The lowest BCUT2D eigenvalue weighted by Crippen LogP contribution is -2.29. The van der Waals surface area contributed by atoms with Crippen LogP contribution < -0.4 is 5.73 Å². The van der Waals surface area contributed by atoms with Crippen LogP contribution in [0.4, 0.5) is 5.82 Å². The molecule has 4 rings (SSSR count). The van der Waals surface area contributed by atoms with Crippen LogP contribution >= 0.6 is 0 Å². The van der Waals surface area contributed by atoms with Crippen molar-refractivity contribution in [3.63, 3.8) is 0 Å². The Hall–Kier alpha value is -3.37. The lowest BCUT2D eigenvalue weighted by molar-refractivity contribution is 0.504. The van der Waals surface area contributed by atoms with Crippen LogP contribution in [-0.2, 0) is 10.2 Å². The Morgan fingerprint density at radius 1 is 1.07 bits per heavy atom. The summed E-state index contributed by atoms with van der Waals surface area (Å²) in [5.74, 6) is 0.347. The van der Waals surface area contributed by atoms with Gasteiger partial charge in [0.15, 0.2) is 0 Å². The van der Waals surface area contributed by atoms with Crippen LogP contribution in [0.2, 0.25) is 0 Å². The first-order valence-electron chi connectivity index (χ1n) is 8.32. The van der Waals surface area contributed by atoms with E-state index in [4.69, 9.17) is 5.73 Å². The molecular formula is C18H17N7O2S. The molecule has 0 saturated carbocycles. The van der Waals surface area contributed by atoms with E-state index in [0.29, 0.717) is 33.7 Å². The van der Waals surface area contributed by atoms with Crippen molar-refractivity contribution in [2.24, 2.45) is 0 Å². The second-order valence-corrected chi connectivity index (χ2v) is 8.26. The monoisotopic (exact) mass is 395 g/mol. The van der Waals surface area contributed by atoms with Gasteiger partial charge in [0.25, 0.3) is 0 Å². The molecule has 3 aromatic heterocycles. The first-order chi connectivity index (χ1) is 13.4. The van der Waals surface area contributed by atoms with Crippen molar-refractivity contribution >= 4 is 26.9 Å². The summed E-state index contributed by atoms with van der Waals surface area (Å²) < 4.78 is 27.2. The predicted octanol–water partition coefficient (Wildman–Crippen LogP) is 1.79. The molecular weight excluding hydrogens is 378 g/mol. The van der Waals surface area contributed by atoms with E-state index in [0.717, 1.165) is 14.0 Å². The van der Waals surface area contributed by atoms with Gasteiger partial charge < -0.3 is 5.73 Å². The van der Waals surface area contributed by atoms with Gasteiger partial charge >= 0.3 is 10.2 Å². The highest BCUT2D eigenvalue weighted by Gasteiger charge is 2.23. The molecule has 0 aliphatic heterocycles. The van der Waals surface area contributed by atoms with Crippen LogP contribution in [-0.4, -0.2) is 51.0 Å². The third-order valence-corrected chi connectivity index (χ3v) is 5.86. The van der Waals surface area contributed by atoms with Gasteiger partial charge in [0.1, 0.15) is 17.8 Å². The van der Waals surface area contributed by atoms with E-state index in [1.807, 2.05) is 24.3 Å². The SMILES string of the molecule is CN(C)S(=O)(=O)n1cc(-c2ccc3ncnc(N)c3c2)c(-c2ccccn2)n1. The van der Waals surface area contributed by atoms with E-state index >= 15 is 0 Å². The Kier molecular flexibility index (Phi) is 4.28. The quantitative estimate of drug-likeness (QED) is 0.559. The maximum atomic E-state index is 12.6. The van der Waals surface area contributed by atoms with Crippen molar-refractivity contribution in [2.45, 2.75) is 0 Å². The van der Waals surface area contributed by atoms with Crippen molar-refractivity contribution in [1.29, 1.82) is 0 Å². The average molecular weight is 395 g/mol. The molecule has 9 nitrogen and oxygen atoms in total. The number of fused-ring (bicyclic) bond motifs is 1. The van der Waals surface area contributed by atoms with E-state index < -0.39 is 10.2 Å². The highest BCUT2D eigenvalue weighted by atomic mass is 32.2. The third-order valence-electron chi connectivity index (χ3n) is 4.28. The molecule has 1 aromatic carbocycles. The maximum absolute atomic E-state index is 12.6. The number of nitrogen functional groups attached to an aromatic ring is 1. The number of pyridine rings is 1. The maximum Gasteiger partial charge on any atom is 0.322 e. The second-order valence-electron chi connectivity index (χ2n) is 6.26. The highest BCUT2D eigenvalue weighted by molar-refractivity contribution is 7.87. The summed E-state index contributed by atoms with van der Waals surface area (Å²) in [5.41, 5.74) is 9.02. The van der Waals surface area contributed by atoms with Crippen molar-refractivity contribution in [3.05, 3.63) is 55.1 Å². The lowest BCUT2D eigenvalue weighted by Gasteiger charge is -2.10. The summed E-state index contributed by atoms with van der Waals surface area (Å²) in [5, 5.41) is 4.99. The fourth-order valence-corrected chi connectivity index (χ4v) is 3.54. The van der Waals surface area contributed by atoms with Crippen LogP contribution in [0, 0.1) is 0 Å². The number of benzene rings is 1. The molecule has 0 unspecified atom stereocenters. The fourth-order valence-electron chi connectivity index (χ4n) is 2.79. The Balaban J connectivity index is 1.98. The molecule has 0 saturated heterocycles. The summed E-state index contributed by atoms with van der Waals surface area (Å²) in [6.45, 7) is 0. The molecule has 0 amide bonds. The topological polar surface area (TPSA) is 120 Å². The number of nitrogens with two attached hydrogens (primary N) is 1. The third kappa shape index (κ3) is 2.98. The Bertz CT molecular complexity index is 1270. The number of rotatable bonds is 4. The van der Waals surface area contributed by atoms with E-state index in [-0.39, 0.29) is 0 Å². The smallest absolute Gasteiger partial charge is 0.322 e. The molecule has 3 heterocycles. The summed E-state index contributed by atoms with van der Waals surface area (Å²) in [7, 11) is -0.884. The van der Waals surface area contributed by atoms with E-state index in [9.17, 15) is 8.42 Å². The molecule has 0 aliphatic carbocycles. The van der Waals surface area contributed by atoms with E-state index in [2.05, 4.69) is 20.1 Å². The zero-order valence-corrected chi connectivity index (χ0v) is 16.0. The lowest BCUT2D eigenvalue weighted by atomic mass is 10.0. The minimum absolute atomic E-state index is 0.347. The van der Waals surface area contributed by atoms with Crippen LogP contribution in [0.15, 0.2) is 55.1 Å². The van der Waals surface area contributed by atoms with Crippen molar-refractivity contribution in [2.75, 3.05) is 19.8 Å². The van der Waals surface area contributed by atoms with Gasteiger partial charge in [-0.3, -0.25) is 4.98 Å². The van der Waals surface area contributed by atoms with Crippen molar-refractivity contribution < 1.29 is 8.42 Å². The number of aromatic nitrogens is 5. The van der Waals surface area contributed by atoms with Gasteiger partial charge in [-0.25, -0.2) is 9.97 Å². The summed E-state index contributed by atoms with van der Waals surface area (Å²) in [6.07, 6.45) is 4.50. The molecule has 28 heavy (non-hydrogen) atoms. The van der Waals surface area contributed by atoms with Gasteiger partial charge in [0.05, 0.1) is 17.4 Å². The van der Waals surface area contributed by atoms with Gasteiger partial charge in [0, 0.05) is 31.2 Å². The molecule has 0 spiro atoms. The fraction of sp³-hybridized carbons (Fsp3) is 0.111. The standard InChI is InChI=1S/C18H17N7O2S/c1-24(2)28(26,27)25-10-14(17(23-25)16-5-3-4-8-20-16)12-6-7-15-13(9-12)18(19)22-11-21-15/h3-11H,1-2H3,(H2,19,21,22). The molecule has 142 valence electrons. The summed E-state index contributed by atoms with van der Waals surface area (Å²) in [6, 6.07) is 10.8. The molecule has 4 aromatic rings. The zero-order chi connectivity index (χ0) is 19.9. The first kappa shape index (κ1) is 18.0. The minimum atomic E-state index is -3.78. The average Bonchev–Trinajstić information content (AvgIpc) is 3.15. The number of hydrogen-bond acceptors (Lipinski definition) is 7. The van der Waals surface area contributed by atoms with E-state index in [1.54, 1.807) is 18.3 Å². The van der Waals surface area contributed by atoms with Gasteiger partial charge in [-0.05, 0) is 29.8 Å². The first-order valence-corrected chi connectivity index (χ1v) is 9.72. The summed E-state index contributed by atoms with van der Waals surface area (Å²) >= 11 is 0. The zero-order valence-electron chi connectivity index (χ0n) is 15.2. The van der Waals surface area contributed by atoms with Crippen LogP contribution in [0.3, 0.4) is 0 Å². The van der Waals surface area contributed by atoms with Crippen LogP contribution in [0.1, 0.15) is 0 Å². The van der Waals surface area contributed by atoms with Gasteiger partial charge in [-0.1, -0.05) is 12.1 Å². The van der Waals surface area contributed by atoms with Crippen LogP contribution in [0.25, 0.3) is 33.4 Å². The van der Waals surface area contributed by atoms with Crippen molar-refractivity contribution in [3.8, 4) is 22.5 Å². The molecule has 0 radical (unpaired) electrons. The number of anilines is 1. The van der Waals surface area contributed by atoms with Gasteiger partial charge in [0.2, 0.25) is 0 Å². The molecule has 0 atom stereocenters. The predicted molar refractivity (Wildman–Crippen MR) is 106 cm³/mol. The Labute approximate surface area is 161 Å².